The smallest absolute Gasteiger partial charge is 0.255 e. The number of nitrogens with one attached hydrogen (secondary N) is 2. The van der Waals surface area contributed by atoms with Crippen molar-refractivity contribution in [2.45, 2.75) is 6.42 Å². The van der Waals surface area contributed by atoms with E-state index >= 15 is 0 Å². The zero-order chi connectivity index (χ0) is 19.8. The van der Waals surface area contributed by atoms with Crippen molar-refractivity contribution in [1.82, 2.24) is 4.98 Å². The number of ether oxygens (including phenoxy) is 2. The topological polar surface area (TPSA) is 72.5 Å². The molecular weight excluding hydrogens is 354 g/mol. The number of anilines is 2. The molecule has 0 fully saturated rings. The van der Waals surface area contributed by atoms with Gasteiger partial charge in [0.25, 0.3) is 5.91 Å². The second-order valence-electron chi connectivity index (χ2n) is 6.14. The Kier molecular flexibility index (Phi) is 6.46. The number of benzene rings is 2. The Hall–Kier alpha value is -3.54. The lowest BCUT2D eigenvalue weighted by molar-refractivity contribution is 0.102. The minimum absolute atomic E-state index is 0.200. The van der Waals surface area contributed by atoms with Gasteiger partial charge in [0.1, 0.15) is 17.3 Å². The number of rotatable bonds is 8. The van der Waals surface area contributed by atoms with E-state index in [9.17, 15) is 4.79 Å². The van der Waals surface area contributed by atoms with E-state index in [-0.39, 0.29) is 5.91 Å². The van der Waals surface area contributed by atoms with Crippen LogP contribution in [0.1, 0.15) is 15.9 Å². The second-order valence-corrected chi connectivity index (χ2v) is 6.14. The summed E-state index contributed by atoms with van der Waals surface area (Å²) in [6, 6.07) is 18.6. The SMILES string of the molecule is COc1ccc(CCNc2cc(C(=O)Nc3cccc(OC)c3)ccn2)cc1. The highest BCUT2D eigenvalue weighted by molar-refractivity contribution is 6.04. The molecule has 0 atom stereocenters. The molecule has 0 radical (unpaired) electrons. The Bertz CT molecular complexity index is 926. The first-order valence-electron chi connectivity index (χ1n) is 8.96. The average Bonchev–Trinajstić information content (AvgIpc) is 2.74. The minimum Gasteiger partial charge on any atom is -0.497 e. The van der Waals surface area contributed by atoms with Gasteiger partial charge in [-0.1, -0.05) is 18.2 Å². The molecule has 1 amide bonds. The summed E-state index contributed by atoms with van der Waals surface area (Å²) < 4.78 is 10.3. The fraction of sp³-hybridized carbons (Fsp3) is 0.182. The maximum absolute atomic E-state index is 12.5. The molecule has 0 saturated carbocycles. The predicted molar refractivity (Wildman–Crippen MR) is 110 cm³/mol. The highest BCUT2D eigenvalue weighted by atomic mass is 16.5. The Morgan fingerprint density at radius 1 is 0.964 bits per heavy atom. The third-order valence-electron chi connectivity index (χ3n) is 4.23. The molecule has 3 rings (SSSR count). The zero-order valence-corrected chi connectivity index (χ0v) is 15.9. The highest BCUT2D eigenvalue weighted by Crippen LogP contribution is 2.18. The van der Waals surface area contributed by atoms with E-state index in [2.05, 4.69) is 15.6 Å². The van der Waals surface area contributed by atoms with Gasteiger partial charge in [0.2, 0.25) is 0 Å². The molecular formula is C22H23N3O3. The van der Waals surface area contributed by atoms with Gasteiger partial charge in [0, 0.05) is 30.1 Å². The van der Waals surface area contributed by atoms with Gasteiger partial charge in [-0.3, -0.25) is 4.79 Å². The van der Waals surface area contributed by atoms with Gasteiger partial charge in [-0.15, -0.1) is 0 Å². The molecule has 6 heteroatoms. The molecule has 0 saturated heterocycles. The monoisotopic (exact) mass is 377 g/mol. The number of carbonyl (C=O) groups is 1. The normalized spacial score (nSPS) is 10.2. The molecule has 0 aliphatic heterocycles. The Morgan fingerprint density at radius 3 is 2.50 bits per heavy atom. The van der Waals surface area contributed by atoms with Crippen molar-refractivity contribution in [2.75, 3.05) is 31.4 Å². The minimum atomic E-state index is -0.200. The molecule has 0 aliphatic carbocycles. The summed E-state index contributed by atoms with van der Waals surface area (Å²) in [4.78, 5) is 16.8. The third kappa shape index (κ3) is 5.23. The van der Waals surface area contributed by atoms with Crippen LogP contribution in [0.2, 0.25) is 0 Å². The number of pyridine rings is 1. The van der Waals surface area contributed by atoms with E-state index < -0.39 is 0 Å². The summed E-state index contributed by atoms with van der Waals surface area (Å²) in [7, 11) is 3.24. The van der Waals surface area contributed by atoms with Crippen LogP contribution in [0.3, 0.4) is 0 Å². The average molecular weight is 377 g/mol. The summed E-state index contributed by atoms with van der Waals surface area (Å²) >= 11 is 0. The summed E-state index contributed by atoms with van der Waals surface area (Å²) in [5.74, 6) is 1.99. The van der Waals surface area contributed by atoms with Crippen LogP contribution in [0.25, 0.3) is 0 Å². The van der Waals surface area contributed by atoms with Gasteiger partial charge in [-0.2, -0.15) is 0 Å². The third-order valence-corrected chi connectivity index (χ3v) is 4.23. The number of amides is 1. The number of methoxy groups -OCH3 is 2. The Morgan fingerprint density at radius 2 is 1.75 bits per heavy atom. The van der Waals surface area contributed by atoms with E-state index in [1.807, 2.05) is 42.5 Å². The van der Waals surface area contributed by atoms with Crippen molar-refractivity contribution < 1.29 is 14.3 Å². The molecule has 0 aliphatic rings. The number of hydrogen-bond donors (Lipinski definition) is 2. The first-order chi connectivity index (χ1) is 13.7. The molecule has 0 bridgehead atoms. The molecule has 0 unspecified atom stereocenters. The van der Waals surface area contributed by atoms with Crippen LogP contribution in [0.5, 0.6) is 11.5 Å². The Labute approximate surface area is 164 Å². The summed E-state index contributed by atoms with van der Waals surface area (Å²) in [6.45, 7) is 0.709. The molecule has 144 valence electrons. The van der Waals surface area contributed by atoms with Crippen molar-refractivity contribution in [2.24, 2.45) is 0 Å². The quantitative estimate of drug-likeness (QED) is 0.621. The predicted octanol–water partition coefficient (Wildman–Crippen LogP) is 4.01. The fourth-order valence-corrected chi connectivity index (χ4v) is 2.70. The van der Waals surface area contributed by atoms with E-state index in [1.165, 1.54) is 5.56 Å². The molecule has 1 aromatic heterocycles. The summed E-state index contributed by atoms with van der Waals surface area (Å²) in [5, 5.41) is 6.12. The van der Waals surface area contributed by atoms with Crippen LogP contribution in [0, 0.1) is 0 Å². The maximum Gasteiger partial charge on any atom is 0.255 e. The lowest BCUT2D eigenvalue weighted by atomic mass is 10.1. The van der Waals surface area contributed by atoms with Gasteiger partial charge in [0.05, 0.1) is 14.2 Å². The second kappa shape index (κ2) is 9.41. The zero-order valence-electron chi connectivity index (χ0n) is 15.9. The number of hydrogen-bond acceptors (Lipinski definition) is 5. The van der Waals surface area contributed by atoms with Crippen LogP contribution in [-0.4, -0.2) is 31.7 Å². The number of aromatic nitrogens is 1. The van der Waals surface area contributed by atoms with Crippen LogP contribution >= 0.6 is 0 Å². The number of carbonyl (C=O) groups excluding carboxylic acids is 1. The van der Waals surface area contributed by atoms with Crippen molar-refractivity contribution in [3.8, 4) is 11.5 Å². The van der Waals surface area contributed by atoms with Gasteiger partial charge in [-0.05, 0) is 48.4 Å². The van der Waals surface area contributed by atoms with Crippen LogP contribution in [0.4, 0.5) is 11.5 Å². The number of nitrogens with zero attached hydrogens (tertiary/aromatic N) is 1. The molecule has 2 aromatic carbocycles. The maximum atomic E-state index is 12.5. The van der Waals surface area contributed by atoms with E-state index in [4.69, 9.17) is 9.47 Å². The van der Waals surface area contributed by atoms with Gasteiger partial charge >= 0.3 is 0 Å². The van der Waals surface area contributed by atoms with Crippen LogP contribution < -0.4 is 20.1 Å². The van der Waals surface area contributed by atoms with Crippen molar-refractivity contribution >= 4 is 17.4 Å². The molecule has 0 spiro atoms. The molecule has 2 N–H and O–H groups in total. The van der Waals surface area contributed by atoms with Gasteiger partial charge in [0.15, 0.2) is 0 Å². The molecule has 1 heterocycles. The summed E-state index contributed by atoms with van der Waals surface area (Å²) in [6.07, 6.45) is 2.46. The Balaban J connectivity index is 1.57. The first-order valence-corrected chi connectivity index (χ1v) is 8.96. The van der Waals surface area contributed by atoms with Crippen LogP contribution in [-0.2, 0) is 6.42 Å². The fourth-order valence-electron chi connectivity index (χ4n) is 2.70. The lowest BCUT2D eigenvalue weighted by Gasteiger charge is -2.09. The van der Waals surface area contributed by atoms with Crippen molar-refractivity contribution in [1.29, 1.82) is 0 Å². The first kappa shape index (κ1) is 19.2. The van der Waals surface area contributed by atoms with Gasteiger partial charge < -0.3 is 20.1 Å². The van der Waals surface area contributed by atoms with E-state index in [0.29, 0.717) is 29.4 Å². The summed E-state index contributed by atoms with van der Waals surface area (Å²) in [5.41, 5.74) is 2.40. The molecule has 28 heavy (non-hydrogen) atoms. The standard InChI is InChI=1S/C22H23N3O3/c1-27-19-8-6-16(7-9-19)10-12-23-21-14-17(11-13-24-21)22(26)25-18-4-3-5-20(15-18)28-2/h3-9,11,13-15H,10,12H2,1-2H3,(H,23,24)(H,25,26). The van der Waals surface area contributed by atoms with Crippen molar-refractivity contribution in [3.63, 3.8) is 0 Å². The highest BCUT2D eigenvalue weighted by Gasteiger charge is 2.08. The molecule has 6 nitrogen and oxygen atoms in total. The lowest BCUT2D eigenvalue weighted by Crippen LogP contribution is -2.13. The largest absolute Gasteiger partial charge is 0.497 e. The molecule has 3 aromatic rings. The van der Waals surface area contributed by atoms with E-state index in [1.54, 1.807) is 38.6 Å². The van der Waals surface area contributed by atoms with E-state index in [0.717, 1.165) is 12.2 Å². The van der Waals surface area contributed by atoms with Crippen molar-refractivity contribution in [3.05, 3.63) is 78.0 Å². The van der Waals surface area contributed by atoms with Crippen LogP contribution in [0.15, 0.2) is 66.9 Å². The van der Waals surface area contributed by atoms with Gasteiger partial charge in [-0.25, -0.2) is 4.98 Å².